The Hall–Kier alpha value is -1.73. The highest BCUT2D eigenvalue weighted by Gasteiger charge is 2.52. The summed E-state index contributed by atoms with van der Waals surface area (Å²) in [4.78, 5) is 1.99. The Kier molecular flexibility index (Phi) is 3.69. The van der Waals surface area contributed by atoms with E-state index >= 15 is 0 Å². The van der Waals surface area contributed by atoms with Crippen molar-refractivity contribution in [1.29, 1.82) is 0 Å². The van der Waals surface area contributed by atoms with Crippen LogP contribution in [-0.2, 0) is 9.47 Å². The third kappa shape index (κ3) is 2.48. The summed E-state index contributed by atoms with van der Waals surface area (Å²) in [6, 6.07) is 9.61. The monoisotopic (exact) mass is 315 g/mol. The molecule has 4 rings (SSSR count). The molecule has 122 valence electrons. The molecule has 0 amide bonds. The Morgan fingerprint density at radius 3 is 2.74 bits per heavy atom. The lowest BCUT2D eigenvalue weighted by atomic mass is 9.95. The first-order valence-electron chi connectivity index (χ1n) is 7.86. The van der Waals surface area contributed by atoms with Gasteiger partial charge in [-0.3, -0.25) is 4.68 Å². The summed E-state index contributed by atoms with van der Waals surface area (Å²) in [6.07, 6.45) is 2.62. The van der Waals surface area contributed by atoms with Crippen LogP contribution in [0.15, 0.2) is 42.7 Å². The maximum absolute atomic E-state index is 10.9. The molecular weight excluding hydrogens is 294 g/mol. The van der Waals surface area contributed by atoms with Crippen LogP contribution in [-0.4, -0.2) is 65.0 Å². The highest BCUT2D eigenvalue weighted by molar-refractivity contribution is 5.61. The number of aliphatic hydroxyl groups is 1. The van der Waals surface area contributed by atoms with E-state index in [0.717, 1.165) is 11.1 Å². The number of benzene rings is 1. The van der Waals surface area contributed by atoms with Gasteiger partial charge in [-0.05, 0) is 19.7 Å². The number of hydrogen-bond acceptors (Lipinski definition) is 5. The van der Waals surface area contributed by atoms with Crippen LogP contribution in [0.4, 0.5) is 0 Å². The highest BCUT2D eigenvalue weighted by atomic mass is 16.7. The summed E-state index contributed by atoms with van der Waals surface area (Å²) in [7, 11) is 3.90. The quantitative estimate of drug-likeness (QED) is 0.920. The summed E-state index contributed by atoms with van der Waals surface area (Å²) in [5.41, 5.74) is 2.11. The molecule has 3 heterocycles. The van der Waals surface area contributed by atoms with Gasteiger partial charge in [0, 0.05) is 11.8 Å². The van der Waals surface area contributed by atoms with Gasteiger partial charge in [0.05, 0.1) is 24.9 Å². The van der Waals surface area contributed by atoms with Crippen LogP contribution in [0.3, 0.4) is 0 Å². The number of aliphatic hydroxyl groups excluding tert-OH is 1. The second kappa shape index (κ2) is 5.72. The van der Waals surface area contributed by atoms with Gasteiger partial charge < -0.3 is 19.5 Å². The van der Waals surface area contributed by atoms with Crippen LogP contribution in [0, 0.1) is 0 Å². The Bertz CT molecular complexity index is 673. The molecule has 1 N–H and O–H groups in total. The lowest BCUT2D eigenvalue weighted by molar-refractivity contribution is -0.181. The van der Waals surface area contributed by atoms with Crippen LogP contribution in [0.2, 0.25) is 0 Å². The first-order chi connectivity index (χ1) is 11.1. The molecule has 0 radical (unpaired) electrons. The molecule has 2 aliphatic heterocycles. The van der Waals surface area contributed by atoms with Crippen LogP contribution in [0.25, 0.3) is 11.1 Å². The Labute approximate surface area is 135 Å². The van der Waals surface area contributed by atoms with Crippen LogP contribution < -0.4 is 0 Å². The van der Waals surface area contributed by atoms with Crippen molar-refractivity contribution >= 4 is 0 Å². The fourth-order valence-corrected chi connectivity index (χ4v) is 3.58. The van der Waals surface area contributed by atoms with Crippen molar-refractivity contribution in [2.75, 3.05) is 20.7 Å². The fourth-order valence-electron chi connectivity index (χ4n) is 3.58. The number of hydrogen-bond donors (Lipinski definition) is 1. The van der Waals surface area contributed by atoms with Crippen LogP contribution in [0.1, 0.15) is 6.04 Å². The van der Waals surface area contributed by atoms with Gasteiger partial charge >= 0.3 is 0 Å². The summed E-state index contributed by atoms with van der Waals surface area (Å²) in [6.45, 7) is 0.508. The third-order valence-corrected chi connectivity index (χ3v) is 4.70. The molecular formula is C17H21N3O3. The number of rotatable bonds is 3. The molecule has 1 aromatic carbocycles. The van der Waals surface area contributed by atoms with E-state index in [1.807, 2.05) is 61.7 Å². The maximum atomic E-state index is 10.9. The third-order valence-electron chi connectivity index (χ3n) is 4.70. The van der Waals surface area contributed by atoms with Gasteiger partial charge in [0.1, 0.15) is 12.1 Å². The number of nitrogens with zero attached hydrogens (tertiary/aromatic N) is 3. The number of likely N-dealkylation sites (N-methyl/N-ethyl adjacent to an activating group) is 1. The predicted molar refractivity (Wildman–Crippen MR) is 84.8 cm³/mol. The van der Waals surface area contributed by atoms with Gasteiger partial charge in [0.2, 0.25) is 0 Å². The van der Waals surface area contributed by atoms with Gasteiger partial charge in [-0.1, -0.05) is 30.3 Å². The van der Waals surface area contributed by atoms with Crippen molar-refractivity contribution in [3.8, 4) is 11.1 Å². The fraction of sp³-hybridized carbons (Fsp3) is 0.471. The minimum absolute atomic E-state index is 0.0922. The van der Waals surface area contributed by atoms with E-state index in [4.69, 9.17) is 9.47 Å². The molecule has 2 aromatic rings. The minimum atomic E-state index is -0.597. The molecule has 6 nitrogen and oxygen atoms in total. The Morgan fingerprint density at radius 1 is 1.22 bits per heavy atom. The molecule has 5 atom stereocenters. The van der Waals surface area contributed by atoms with Crippen molar-refractivity contribution < 1.29 is 14.6 Å². The predicted octanol–water partition coefficient (Wildman–Crippen LogP) is 1.14. The number of aromatic nitrogens is 2. The summed E-state index contributed by atoms with van der Waals surface area (Å²) < 4.78 is 13.5. The lowest BCUT2D eigenvalue weighted by Gasteiger charge is -2.41. The van der Waals surface area contributed by atoms with Gasteiger partial charge in [0.15, 0.2) is 6.29 Å². The largest absolute Gasteiger partial charge is 0.389 e. The zero-order chi connectivity index (χ0) is 16.0. The molecule has 2 saturated heterocycles. The Balaban J connectivity index is 1.66. The zero-order valence-electron chi connectivity index (χ0n) is 13.2. The van der Waals surface area contributed by atoms with Crippen molar-refractivity contribution in [1.82, 2.24) is 14.7 Å². The van der Waals surface area contributed by atoms with Crippen molar-refractivity contribution in [3.63, 3.8) is 0 Å². The SMILES string of the molecule is CN(C)[C@H]1[C@H](O)[C@@H](n2cc(-c3ccccc3)cn2)[C@@H]2OC[C@H]1O2. The van der Waals surface area contributed by atoms with Gasteiger partial charge in [-0.2, -0.15) is 5.10 Å². The average molecular weight is 315 g/mol. The summed E-state index contributed by atoms with van der Waals surface area (Å²) in [5.74, 6) is 0. The van der Waals surface area contributed by atoms with E-state index in [1.165, 1.54) is 0 Å². The van der Waals surface area contributed by atoms with Gasteiger partial charge in [-0.15, -0.1) is 0 Å². The Morgan fingerprint density at radius 2 is 2.00 bits per heavy atom. The second-order valence-electron chi connectivity index (χ2n) is 6.39. The normalized spacial score (nSPS) is 33.3. The van der Waals surface area contributed by atoms with Crippen molar-refractivity contribution in [3.05, 3.63) is 42.7 Å². The van der Waals surface area contributed by atoms with Crippen LogP contribution >= 0.6 is 0 Å². The molecule has 0 aliphatic carbocycles. The molecule has 1 aromatic heterocycles. The molecule has 6 heteroatoms. The van der Waals surface area contributed by atoms with E-state index in [1.54, 1.807) is 4.68 Å². The number of fused-ring (bicyclic) bond motifs is 2. The van der Waals surface area contributed by atoms with E-state index in [2.05, 4.69) is 5.10 Å². The van der Waals surface area contributed by atoms with Crippen LogP contribution in [0.5, 0.6) is 0 Å². The average Bonchev–Trinajstić information content (AvgIpc) is 3.17. The number of ether oxygens (including phenoxy) is 2. The molecule has 0 saturated carbocycles. The molecule has 2 bridgehead atoms. The maximum Gasteiger partial charge on any atom is 0.183 e. The first kappa shape index (κ1) is 14.8. The van der Waals surface area contributed by atoms with Gasteiger partial charge in [0.25, 0.3) is 0 Å². The lowest BCUT2D eigenvalue weighted by Crippen LogP contribution is -2.57. The van der Waals surface area contributed by atoms with Crippen molar-refractivity contribution in [2.24, 2.45) is 0 Å². The minimum Gasteiger partial charge on any atom is -0.389 e. The molecule has 2 aliphatic rings. The smallest absolute Gasteiger partial charge is 0.183 e. The second-order valence-corrected chi connectivity index (χ2v) is 6.39. The molecule has 2 fully saturated rings. The van der Waals surface area contributed by atoms with E-state index in [-0.39, 0.29) is 18.2 Å². The van der Waals surface area contributed by atoms with Crippen molar-refractivity contribution in [2.45, 2.75) is 30.6 Å². The molecule has 0 unspecified atom stereocenters. The molecule has 23 heavy (non-hydrogen) atoms. The topological polar surface area (TPSA) is 59.8 Å². The standard InChI is InChI=1S/C17H21N3O3/c1-19(2)14-13-10-22-17(23-13)15(16(14)21)20-9-12(8-18-20)11-6-4-3-5-7-11/h3-9,13-17,21H,10H2,1-2H3/t13-,14-,15-,16+,17-/m1/s1. The van der Waals surface area contributed by atoms with E-state index < -0.39 is 12.4 Å². The summed E-state index contributed by atoms with van der Waals surface area (Å²) in [5, 5.41) is 15.3. The molecule has 0 spiro atoms. The zero-order valence-corrected chi connectivity index (χ0v) is 13.2. The van der Waals surface area contributed by atoms with E-state index in [0.29, 0.717) is 6.61 Å². The summed E-state index contributed by atoms with van der Waals surface area (Å²) >= 11 is 0. The van der Waals surface area contributed by atoms with E-state index in [9.17, 15) is 5.11 Å². The highest BCUT2D eigenvalue weighted by Crippen LogP contribution is 2.37. The first-order valence-corrected chi connectivity index (χ1v) is 7.86. The van der Waals surface area contributed by atoms with Gasteiger partial charge in [-0.25, -0.2) is 0 Å².